The minimum atomic E-state index is -3.43. The molecule has 144 valence electrons. The normalized spacial score (nSPS) is 15.7. The van der Waals surface area contributed by atoms with E-state index in [0.29, 0.717) is 23.7 Å². The summed E-state index contributed by atoms with van der Waals surface area (Å²) in [5, 5.41) is 2.27. The third-order valence-corrected chi connectivity index (χ3v) is 5.21. The molecule has 0 atom stereocenters. The maximum absolute atomic E-state index is 12.2. The first kappa shape index (κ1) is 18.8. The van der Waals surface area contributed by atoms with Crippen molar-refractivity contribution in [3.63, 3.8) is 0 Å². The van der Waals surface area contributed by atoms with Gasteiger partial charge in [0.1, 0.15) is 23.1 Å². The van der Waals surface area contributed by atoms with E-state index >= 15 is 0 Å². The van der Waals surface area contributed by atoms with Crippen LogP contribution in [0.1, 0.15) is 30.0 Å². The maximum Gasteiger partial charge on any atom is 0.212 e. The minimum absolute atomic E-state index is 0.0531. The van der Waals surface area contributed by atoms with E-state index in [1.807, 2.05) is 6.20 Å². The molecule has 1 amide bonds. The predicted octanol–water partition coefficient (Wildman–Crippen LogP) is 0.478. The van der Waals surface area contributed by atoms with Crippen LogP contribution in [-0.2, 0) is 26.0 Å². The number of hydrogen-bond donors (Lipinski definition) is 3. The van der Waals surface area contributed by atoms with Crippen LogP contribution in [0.25, 0.3) is 5.65 Å². The van der Waals surface area contributed by atoms with E-state index in [4.69, 9.17) is 16.2 Å². The number of aromatic nitrogens is 2. The zero-order chi connectivity index (χ0) is 19.6. The van der Waals surface area contributed by atoms with Gasteiger partial charge in [0.05, 0.1) is 5.69 Å². The van der Waals surface area contributed by atoms with Gasteiger partial charge in [-0.05, 0) is 30.4 Å². The highest BCUT2D eigenvalue weighted by Gasteiger charge is 2.27. The van der Waals surface area contributed by atoms with Crippen LogP contribution in [0, 0.1) is 0 Å². The highest BCUT2D eigenvalue weighted by atomic mass is 32.2. The number of ether oxygens (including phenoxy) is 1. The lowest BCUT2D eigenvalue weighted by molar-refractivity contribution is -0.108. The summed E-state index contributed by atoms with van der Waals surface area (Å²) >= 11 is 0. The second kappa shape index (κ2) is 7.31. The molecule has 3 rings (SSSR count). The number of allylic oxidation sites excluding steroid dienone is 1. The molecule has 1 saturated carbocycles. The molecule has 2 aromatic rings. The molecular formula is C17H21N5O4S. The van der Waals surface area contributed by atoms with Crippen LogP contribution in [0.3, 0.4) is 0 Å². The number of carbonyl (C=O) groups excluding carboxylic acids is 1. The molecular weight excluding hydrogens is 370 g/mol. The Bertz CT molecular complexity index is 1040. The van der Waals surface area contributed by atoms with Crippen LogP contribution in [0.4, 0.5) is 0 Å². The van der Waals surface area contributed by atoms with E-state index in [9.17, 15) is 13.2 Å². The summed E-state index contributed by atoms with van der Waals surface area (Å²) in [6, 6.07) is 1.71. The first-order chi connectivity index (χ1) is 12.8. The third kappa shape index (κ3) is 4.40. The summed E-state index contributed by atoms with van der Waals surface area (Å²) < 4.78 is 31.6. The van der Waals surface area contributed by atoms with Crippen molar-refractivity contribution in [3.8, 4) is 0 Å². The number of carbonyl (C=O) groups is 1. The molecule has 1 aliphatic carbocycles. The van der Waals surface area contributed by atoms with Crippen molar-refractivity contribution in [1.82, 2.24) is 14.7 Å². The highest BCUT2D eigenvalue weighted by Crippen LogP contribution is 2.41. The number of nitrogens with two attached hydrogens (primary N) is 2. The molecule has 9 nitrogen and oxygen atoms in total. The van der Waals surface area contributed by atoms with Crippen LogP contribution < -0.4 is 16.8 Å². The van der Waals surface area contributed by atoms with Crippen LogP contribution >= 0.6 is 0 Å². The molecule has 2 aromatic heterocycles. The monoisotopic (exact) mass is 391 g/mol. The van der Waals surface area contributed by atoms with Gasteiger partial charge >= 0.3 is 0 Å². The SMILES string of the molecule is CS(=O)(=O)c1cc(C2CC2)cn2cc(COC(/C=C(\N)NC=O)=C/N)nc12. The molecule has 0 radical (unpaired) electrons. The summed E-state index contributed by atoms with van der Waals surface area (Å²) in [6.07, 6.45) is 9.92. The Kier molecular flexibility index (Phi) is 5.08. The highest BCUT2D eigenvalue weighted by molar-refractivity contribution is 7.91. The van der Waals surface area contributed by atoms with Gasteiger partial charge in [0, 0.05) is 30.9 Å². The van der Waals surface area contributed by atoms with Gasteiger partial charge in [-0.25, -0.2) is 13.4 Å². The molecule has 2 heterocycles. The van der Waals surface area contributed by atoms with Crippen molar-refractivity contribution >= 4 is 21.9 Å². The Morgan fingerprint density at radius 3 is 2.78 bits per heavy atom. The van der Waals surface area contributed by atoms with Crippen molar-refractivity contribution in [1.29, 1.82) is 0 Å². The molecule has 0 bridgehead atoms. The maximum atomic E-state index is 12.2. The van der Waals surface area contributed by atoms with E-state index in [-0.39, 0.29) is 23.1 Å². The Morgan fingerprint density at radius 1 is 1.44 bits per heavy atom. The standard InChI is InChI=1S/C17H21N5O4S/c1-27(24,25)15-4-12(11-2-3-11)7-22-8-13(21-17(15)22)9-26-14(6-18)5-16(19)20-10-23/h4-8,10-11H,2-3,9,18-19H2,1H3,(H,20,23)/b14-6+,16-5+. The summed E-state index contributed by atoms with van der Waals surface area (Å²) in [6.45, 7) is 0.0531. The lowest BCUT2D eigenvalue weighted by Gasteiger charge is -2.05. The number of imidazole rings is 1. The van der Waals surface area contributed by atoms with Gasteiger partial charge in [-0.1, -0.05) is 0 Å². The van der Waals surface area contributed by atoms with Gasteiger partial charge in [-0.15, -0.1) is 0 Å². The topological polar surface area (TPSA) is 142 Å². The molecule has 0 unspecified atom stereocenters. The zero-order valence-electron chi connectivity index (χ0n) is 14.8. The zero-order valence-corrected chi connectivity index (χ0v) is 15.6. The van der Waals surface area contributed by atoms with Gasteiger partial charge in [-0.3, -0.25) is 4.79 Å². The Morgan fingerprint density at radius 2 is 2.19 bits per heavy atom. The lowest BCUT2D eigenvalue weighted by Crippen LogP contribution is -2.18. The largest absolute Gasteiger partial charge is 0.486 e. The van der Waals surface area contributed by atoms with Crippen LogP contribution in [0.15, 0.2) is 47.2 Å². The summed E-state index contributed by atoms with van der Waals surface area (Å²) in [4.78, 5) is 15.0. The van der Waals surface area contributed by atoms with Crippen molar-refractivity contribution in [3.05, 3.63) is 53.6 Å². The molecule has 0 spiro atoms. The number of amides is 1. The molecule has 1 aliphatic rings. The van der Waals surface area contributed by atoms with Crippen LogP contribution in [0.5, 0.6) is 0 Å². The van der Waals surface area contributed by atoms with Gasteiger partial charge in [-0.2, -0.15) is 0 Å². The Labute approximate surface area is 156 Å². The third-order valence-electron chi connectivity index (χ3n) is 4.11. The van der Waals surface area contributed by atoms with Gasteiger partial charge in [0.15, 0.2) is 15.5 Å². The van der Waals surface area contributed by atoms with E-state index in [2.05, 4.69) is 10.3 Å². The fraction of sp³-hybridized carbons (Fsp3) is 0.294. The van der Waals surface area contributed by atoms with Crippen molar-refractivity contribution in [2.45, 2.75) is 30.3 Å². The Balaban J connectivity index is 1.88. The number of nitrogens with one attached hydrogen (secondary N) is 1. The van der Waals surface area contributed by atoms with Gasteiger partial charge in [0.25, 0.3) is 0 Å². The first-order valence-corrected chi connectivity index (χ1v) is 10.1. The first-order valence-electron chi connectivity index (χ1n) is 8.25. The number of rotatable bonds is 8. The van der Waals surface area contributed by atoms with E-state index in [1.165, 1.54) is 18.5 Å². The Hall–Kier alpha value is -3.01. The fourth-order valence-corrected chi connectivity index (χ4v) is 3.51. The summed E-state index contributed by atoms with van der Waals surface area (Å²) in [7, 11) is -3.43. The van der Waals surface area contributed by atoms with E-state index in [0.717, 1.165) is 18.4 Å². The molecule has 0 aromatic carbocycles. The number of fused-ring (bicyclic) bond motifs is 1. The molecule has 0 saturated heterocycles. The average Bonchev–Trinajstić information content (AvgIpc) is 3.36. The molecule has 27 heavy (non-hydrogen) atoms. The molecule has 0 aliphatic heterocycles. The van der Waals surface area contributed by atoms with E-state index < -0.39 is 9.84 Å². The van der Waals surface area contributed by atoms with Crippen molar-refractivity contribution < 1.29 is 17.9 Å². The number of pyridine rings is 1. The van der Waals surface area contributed by atoms with Crippen LogP contribution in [-0.4, -0.2) is 30.5 Å². The van der Waals surface area contributed by atoms with Gasteiger partial charge < -0.3 is 25.9 Å². The second-order valence-electron chi connectivity index (χ2n) is 6.37. The summed E-state index contributed by atoms with van der Waals surface area (Å²) in [5.41, 5.74) is 12.9. The van der Waals surface area contributed by atoms with Crippen LogP contribution in [0.2, 0.25) is 0 Å². The number of hydrogen-bond acceptors (Lipinski definition) is 7. The van der Waals surface area contributed by atoms with E-state index in [1.54, 1.807) is 16.7 Å². The summed E-state index contributed by atoms with van der Waals surface area (Å²) in [5.74, 6) is 0.716. The number of sulfone groups is 1. The van der Waals surface area contributed by atoms with Crippen molar-refractivity contribution in [2.24, 2.45) is 11.5 Å². The van der Waals surface area contributed by atoms with Crippen molar-refractivity contribution in [2.75, 3.05) is 6.26 Å². The molecule has 10 heteroatoms. The molecule has 1 fully saturated rings. The number of nitrogens with zero attached hydrogens (tertiary/aromatic N) is 2. The quantitative estimate of drug-likeness (QED) is 0.337. The second-order valence-corrected chi connectivity index (χ2v) is 8.35. The molecule has 5 N–H and O–H groups in total. The average molecular weight is 391 g/mol. The fourth-order valence-electron chi connectivity index (χ4n) is 2.68. The lowest BCUT2D eigenvalue weighted by atomic mass is 10.2. The van der Waals surface area contributed by atoms with Gasteiger partial charge in [0.2, 0.25) is 6.41 Å². The predicted molar refractivity (Wildman–Crippen MR) is 98.8 cm³/mol. The smallest absolute Gasteiger partial charge is 0.212 e. The minimum Gasteiger partial charge on any atom is -0.486 e.